The van der Waals surface area contributed by atoms with E-state index in [0.29, 0.717) is 21.2 Å². The summed E-state index contributed by atoms with van der Waals surface area (Å²) in [4.78, 5) is 24.7. The van der Waals surface area contributed by atoms with Gasteiger partial charge in [0, 0.05) is 23.7 Å². The Labute approximate surface area is 161 Å². The van der Waals surface area contributed by atoms with Crippen molar-refractivity contribution in [3.05, 3.63) is 76.4 Å². The predicted molar refractivity (Wildman–Crippen MR) is 106 cm³/mol. The fraction of sp³-hybridized carbons (Fsp3) is 0.100. The number of nitrogens with zero attached hydrogens (tertiary/aromatic N) is 1. The van der Waals surface area contributed by atoms with Gasteiger partial charge in [-0.15, -0.1) is 6.58 Å². The summed E-state index contributed by atoms with van der Waals surface area (Å²) in [5.74, 6) is -0.447. The zero-order chi connectivity index (χ0) is 18.8. The third kappa shape index (κ3) is 3.39. The average molecular weight is 387 g/mol. The monoisotopic (exact) mass is 386 g/mol. The van der Waals surface area contributed by atoms with Gasteiger partial charge in [0.1, 0.15) is 0 Å². The topological polar surface area (TPSA) is 51.1 Å². The maximum atomic E-state index is 13.0. The number of nitrogens with one attached hydrogen (secondary N) is 1. The van der Waals surface area contributed by atoms with Crippen LogP contribution in [0.25, 0.3) is 10.9 Å². The van der Waals surface area contributed by atoms with E-state index in [1.807, 2.05) is 13.0 Å². The molecular weight excluding hydrogens is 371 g/mol. The van der Waals surface area contributed by atoms with E-state index in [-0.39, 0.29) is 23.8 Å². The lowest BCUT2D eigenvalue weighted by molar-refractivity contribution is -0.115. The van der Waals surface area contributed by atoms with E-state index in [1.165, 1.54) is 4.57 Å². The molecule has 1 amide bonds. The van der Waals surface area contributed by atoms with Crippen molar-refractivity contribution in [2.45, 2.75) is 13.3 Å². The van der Waals surface area contributed by atoms with Crippen LogP contribution in [0.5, 0.6) is 0 Å². The first-order valence-electron chi connectivity index (χ1n) is 7.93. The molecule has 0 fully saturated rings. The van der Waals surface area contributed by atoms with Gasteiger partial charge in [-0.25, -0.2) is 0 Å². The molecule has 6 heteroatoms. The Kier molecular flexibility index (Phi) is 5.16. The Bertz CT molecular complexity index is 1020. The van der Waals surface area contributed by atoms with Gasteiger partial charge in [-0.05, 0) is 42.8 Å². The Morgan fingerprint density at radius 2 is 1.88 bits per heavy atom. The van der Waals surface area contributed by atoms with Gasteiger partial charge in [-0.1, -0.05) is 35.3 Å². The maximum absolute atomic E-state index is 13.0. The van der Waals surface area contributed by atoms with Crippen LogP contribution in [0.3, 0.4) is 0 Å². The van der Waals surface area contributed by atoms with Crippen LogP contribution in [-0.2, 0) is 4.79 Å². The molecule has 0 radical (unpaired) electrons. The van der Waals surface area contributed by atoms with Gasteiger partial charge in [-0.3, -0.25) is 14.2 Å². The number of carbonyl (C=O) groups is 2. The number of rotatable bonds is 4. The van der Waals surface area contributed by atoms with Crippen molar-refractivity contribution < 1.29 is 9.59 Å². The molecule has 0 saturated heterocycles. The van der Waals surface area contributed by atoms with Crippen molar-refractivity contribution >= 4 is 51.6 Å². The number of aromatic nitrogens is 1. The Morgan fingerprint density at radius 1 is 1.19 bits per heavy atom. The Balaban J connectivity index is 2.04. The molecule has 1 N–H and O–H groups in total. The summed E-state index contributed by atoms with van der Waals surface area (Å²) in [6.07, 6.45) is 3.52. The fourth-order valence-electron chi connectivity index (χ4n) is 2.81. The molecular formula is C20H16Cl2N2O2. The van der Waals surface area contributed by atoms with Gasteiger partial charge in [0.25, 0.3) is 5.91 Å². The summed E-state index contributed by atoms with van der Waals surface area (Å²) >= 11 is 12.3. The van der Waals surface area contributed by atoms with E-state index in [1.54, 1.807) is 42.6 Å². The smallest absolute Gasteiger partial charge is 0.265 e. The van der Waals surface area contributed by atoms with Gasteiger partial charge < -0.3 is 5.32 Å². The minimum Gasteiger partial charge on any atom is -0.326 e. The molecule has 132 valence electrons. The maximum Gasteiger partial charge on any atom is 0.265 e. The van der Waals surface area contributed by atoms with Crippen LogP contribution in [0.4, 0.5) is 5.69 Å². The minimum absolute atomic E-state index is 0.143. The normalized spacial score (nSPS) is 10.7. The van der Waals surface area contributed by atoms with Crippen molar-refractivity contribution in [3.63, 3.8) is 0 Å². The summed E-state index contributed by atoms with van der Waals surface area (Å²) in [5, 5.41) is 4.27. The number of carbonyl (C=O) groups excluding carboxylic acids is 2. The highest BCUT2D eigenvalue weighted by Crippen LogP contribution is 2.29. The van der Waals surface area contributed by atoms with Crippen LogP contribution >= 0.6 is 23.2 Å². The molecule has 3 rings (SSSR count). The number of halogens is 2. The van der Waals surface area contributed by atoms with E-state index >= 15 is 0 Å². The fourth-order valence-corrected chi connectivity index (χ4v) is 3.37. The molecule has 0 aliphatic rings. The second-order valence-corrected chi connectivity index (χ2v) is 6.67. The van der Waals surface area contributed by atoms with Crippen LogP contribution in [-0.4, -0.2) is 16.4 Å². The highest BCUT2D eigenvalue weighted by molar-refractivity contribution is 6.40. The second kappa shape index (κ2) is 7.36. The van der Waals surface area contributed by atoms with Crippen molar-refractivity contribution in [3.8, 4) is 0 Å². The Morgan fingerprint density at radius 3 is 2.54 bits per heavy atom. The van der Waals surface area contributed by atoms with Crippen molar-refractivity contribution in [1.29, 1.82) is 0 Å². The third-order valence-electron chi connectivity index (χ3n) is 4.01. The summed E-state index contributed by atoms with van der Waals surface area (Å²) in [5.41, 5.74) is 2.53. The summed E-state index contributed by atoms with van der Waals surface area (Å²) in [7, 11) is 0. The first-order chi connectivity index (χ1) is 12.4. The van der Waals surface area contributed by atoms with Gasteiger partial charge in [0.15, 0.2) is 0 Å². The van der Waals surface area contributed by atoms with Gasteiger partial charge in [0.05, 0.1) is 21.1 Å². The lowest BCUT2D eigenvalue weighted by atomic mass is 10.1. The standard InChI is InChI=1S/C20H16Cl2N2O2/c1-3-5-18(25)23-13-8-9-17-14(10-13)12(2)11-24(17)20(26)19-15(21)6-4-7-16(19)22/h3-4,6-11H,1,5H2,2H3,(H,23,25). The lowest BCUT2D eigenvalue weighted by Gasteiger charge is -2.09. The number of benzene rings is 2. The molecule has 1 aromatic heterocycles. The SMILES string of the molecule is C=CCC(=O)Nc1ccc2c(c1)c(C)cn2C(=O)c1c(Cl)cccc1Cl. The molecule has 0 aliphatic carbocycles. The van der Waals surface area contributed by atoms with Gasteiger partial charge in [0.2, 0.25) is 5.91 Å². The van der Waals surface area contributed by atoms with E-state index in [2.05, 4.69) is 11.9 Å². The molecule has 0 bridgehead atoms. The molecule has 26 heavy (non-hydrogen) atoms. The summed E-state index contributed by atoms with van der Waals surface area (Å²) in [6.45, 7) is 5.45. The molecule has 0 saturated carbocycles. The zero-order valence-electron chi connectivity index (χ0n) is 14.1. The number of amides is 1. The number of aryl methyl sites for hydroxylation is 1. The summed E-state index contributed by atoms with van der Waals surface area (Å²) < 4.78 is 1.52. The molecule has 0 spiro atoms. The van der Waals surface area contributed by atoms with Crippen LogP contribution in [0, 0.1) is 6.92 Å². The second-order valence-electron chi connectivity index (χ2n) is 5.86. The van der Waals surface area contributed by atoms with Crippen LogP contribution in [0.2, 0.25) is 10.0 Å². The molecule has 3 aromatic rings. The Hall–Kier alpha value is -2.56. The van der Waals surface area contributed by atoms with Crippen molar-refractivity contribution in [2.24, 2.45) is 0 Å². The number of hydrogen-bond donors (Lipinski definition) is 1. The van der Waals surface area contributed by atoms with Crippen LogP contribution < -0.4 is 5.32 Å². The first kappa shape index (κ1) is 18.2. The van der Waals surface area contributed by atoms with E-state index < -0.39 is 0 Å². The first-order valence-corrected chi connectivity index (χ1v) is 8.69. The van der Waals surface area contributed by atoms with Crippen molar-refractivity contribution in [1.82, 2.24) is 4.57 Å². The van der Waals surface area contributed by atoms with Crippen LogP contribution in [0.15, 0.2) is 55.3 Å². The lowest BCUT2D eigenvalue weighted by Crippen LogP contribution is -2.12. The molecule has 0 atom stereocenters. The number of anilines is 1. The minimum atomic E-state index is -0.304. The van der Waals surface area contributed by atoms with Gasteiger partial charge in [-0.2, -0.15) is 0 Å². The molecule has 2 aromatic carbocycles. The third-order valence-corrected chi connectivity index (χ3v) is 4.64. The summed E-state index contributed by atoms with van der Waals surface area (Å²) in [6, 6.07) is 10.3. The molecule has 0 unspecified atom stereocenters. The number of fused-ring (bicyclic) bond motifs is 1. The number of hydrogen-bond acceptors (Lipinski definition) is 2. The van der Waals surface area contributed by atoms with E-state index in [4.69, 9.17) is 23.2 Å². The predicted octanol–water partition coefficient (Wildman–Crippen LogP) is 5.46. The van der Waals surface area contributed by atoms with Crippen molar-refractivity contribution in [2.75, 3.05) is 5.32 Å². The molecule has 1 heterocycles. The quantitative estimate of drug-likeness (QED) is 0.605. The molecule has 0 aliphatic heterocycles. The largest absolute Gasteiger partial charge is 0.326 e. The molecule has 4 nitrogen and oxygen atoms in total. The zero-order valence-corrected chi connectivity index (χ0v) is 15.6. The van der Waals surface area contributed by atoms with E-state index in [0.717, 1.165) is 10.9 Å². The van der Waals surface area contributed by atoms with E-state index in [9.17, 15) is 9.59 Å². The highest BCUT2D eigenvalue weighted by atomic mass is 35.5. The van der Waals surface area contributed by atoms with Gasteiger partial charge >= 0.3 is 0 Å². The van der Waals surface area contributed by atoms with Crippen LogP contribution in [0.1, 0.15) is 22.3 Å². The highest BCUT2D eigenvalue weighted by Gasteiger charge is 2.19. The average Bonchev–Trinajstić information content (AvgIpc) is 2.91.